The van der Waals surface area contributed by atoms with Gasteiger partial charge in [0.15, 0.2) is 0 Å². The molecule has 1 N–H and O–H groups in total. The lowest BCUT2D eigenvalue weighted by atomic mass is 9.88. The Hall–Kier alpha value is -2.27. The minimum Gasteiger partial charge on any atom is -0.462 e. The second kappa shape index (κ2) is 10.6. The Balaban J connectivity index is 1.39. The van der Waals surface area contributed by atoms with E-state index in [0.717, 1.165) is 29.7 Å². The summed E-state index contributed by atoms with van der Waals surface area (Å²) in [6.07, 6.45) is 2.73. The molecule has 2 heterocycles. The molecule has 1 fully saturated rings. The number of piperazine rings is 1. The number of anilines is 1. The molecular formula is C24H31N3O5S2. The Morgan fingerprint density at radius 1 is 1.15 bits per heavy atom. The minimum absolute atomic E-state index is 0.139. The van der Waals surface area contributed by atoms with E-state index in [0.29, 0.717) is 42.7 Å². The Kier molecular flexibility index (Phi) is 7.71. The van der Waals surface area contributed by atoms with Gasteiger partial charge >= 0.3 is 5.97 Å². The van der Waals surface area contributed by atoms with Crippen LogP contribution in [-0.2, 0) is 32.4 Å². The number of benzene rings is 1. The van der Waals surface area contributed by atoms with Crippen LogP contribution in [0.15, 0.2) is 35.2 Å². The molecule has 2 aliphatic rings. The van der Waals surface area contributed by atoms with Crippen molar-refractivity contribution in [1.82, 2.24) is 9.21 Å². The van der Waals surface area contributed by atoms with Crippen LogP contribution in [0.4, 0.5) is 5.00 Å². The van der Waals surface area contributed by atoms with Crippen LogP contribution in [0.2, 0.25) is 0 Å². The number of sulfonamides is 1. The van der Waals surface area contributed by atoms with Gasteiger partial charge in [0.1, 0.15) is 5.00 Å². The van der Waals surface area contributed by atoms with Crippen LogP contribution in [0.1, 0.15) is 41.1 Å². The molecule has 2 aromatic rings. The van der Waals surface area contributed by atoms with E-state index >= 15 is 0 Å². The fraction of sp³-hybridized carbons (Fsp3) is 0.500. The topological polar surface area (TPSA) is 96.0 Å². The maximum atomic E-state index is 12.9. The summed E-state index contributed by atoms with van der Waals surface area (Å²) in [6.45, 7) is 5.96. The maximum absolute atomic E-state index is 12.9. The van der Waals surface area contributed by atoms with E-state index in [1.165, 1.54) is 15.6 Å². The number of ether oxygens (including phenoxy) is 1. The Bertz CT molecular complexity index is 1140. The molecule has 0 saturated carbocycles. The van der Waals surface area contributed by atoms with Crippen LogP contribution in [0.5, 0.6) is 0 Å². The van der Waals surface area contributed by atoms with Crippen molar-refractivity contribution in [2.24, 2.45) is 5.92 Å². The van der Waals surface area contributed by atoms with E-state index in [9.17, 15) is 18.0 Å². The van der Waals surface area contributed by atoms with Crippen molar-refractivity contribution in [2.75, 3.05) is 44.6 Å². The molecule has 8 nitrogen and oxygen atoms in total. The van der Waals surface area contributed by atoms with Crippen molar-refractivity contribution in [3.63, 3.8) is 0 Å². The third-order valence-electron chi connectivity index (χ3n) is 6.32. The quantitative estimate of drug-likeness (QED) is 0.581. The van der Waals surface area contributed by atoms with Gasteiger partial charge in [0, 0.05) is 31.1 Å². The van der Waals surface area contributed by atoms with E-state index in [1.807, 2.05) is 4.90 Å². The zero-order valence-electron chi connectivity index (χ0n) is 19.6. The number of rotatable bonds is 7. The van der Waals surface area contributed by atoms with E-state index in [4.69, 9.17) is 4.74 Å². The number of carbonyl (C=O) groups is 2. The summed E-state index contributed by atoms with van der Waals surface area (Å²) in [6, 6.07) is 8.39. The van der Waals surface area contributed by atoms with Gasteiger partial charge in [0.2, 0.25) is 15.9 Å². The van der Waals surface area contributed by atoms with Crippen LogP contribution in [-0.4, -0.2) is 68.8 Å². The van der Waals surface area contributed by atoms with Crippen LogP contribution in [0.3, 0.4) is 0 Å². The molecule has 1 atom stereocenters. The molecule has 0 radical (unpaired) electrons. The van der Waals surface area contributed by atoms with Gasteiger partial charge in [-0.3, -0.25) is 9.69 Å². The summed E-state index contributed by atoms with van der Waals surface area (Å²) in [5, 5.41) is 3.50. The number of nitrogens with one attached hydrogen (secondary N) is 1. The summed E-state index contributed by atoms with van der Waals surface area (Å²) >= 11 is 1.47. The Labute approximate surface area is 204 Å². The Morgan fingerprint density at radius 2 is 1.85 bits per heavy atom. The lowest BCUT2D eigenvalue weighted by molar-refractivity contribution is -0.117. The fourth-order valence-corrected chi connectivity index (χ4v) is 7.36. The predicted octanol–water partition coefficient (Wildman–Crippen LogP) is 2.99. The molecule has 4 rings (SSSR count). The molecule has 1 saturated heterocycles. The second-order valence-corrected chi connectivity index (χ2v) is 11.9. The minimum atomic E-state index is -3.53. The van der Waals surface area contributed by atoms with Gasteiger partial charge < -0.3 is 10.1 Å². The molecule has 10 heteroatoms. The predicted molar refractivity (Wildman–Crippen MR) is 132 cm³/mol. The highest BCUT2D eigenvalue weighted by Gasteiger charge is 2.31. The summed E-state index contributed by atoms with van der Waals surface area (Å²) in [4.78, 5) is 28.9. The number of amides is 1. The third kappa shape index (κ3) is 5.35. The molecule has 1 aromatic heterocycles. The summed E-state index contributed by atoms with van der Waals surface area (Å²) in [5.74, 6) is -0.0469. The van der Waals surface area contributed by atoms with E-state index in [2.05, 4.69) is 12.2 Å². The monoisotopic (exact) mass is 505 g/mol. The first kappa shape index (κ1) is 24.8. The SMILES string of the molecule is CCOC(=O)c1c(NC(=O)CN2CCN(S(=O)(=O)c3ccccc3)CC2)sc2c1CC[C@H](C)C2. The van der Waals surface area contributed by atoms with Crippen LogP contribution >= 0.6 is 11.3 Å². The van der Waals surface area contributed by atoms with Crippen molar-refractivity contribution < 1.29 is 22.7 Å². The van der Waals surface area contributed by atoms with Gasteiger partial charge in [-0.2, -0.15) is 4.31 Å². The zero-order valence-corrected chi connectivity index (χ0v) is 21.2. The van der Waals surface area contributed by atoms with Crippen molar-refractivity contribution in [3.8, 4) is 0 Å². The molecule has 1 amide bonds. The molecule has 0 spiro atoms. The highest BCUT2D eigenvalue weighted by molar-refractivity contribution is 7.89. The molecule has 1 aromatic carbocycles. The lowest BCUT2D eigenvalue weighted by Crippen LogP contribution is -2.50. The molecule has 1 aliphatic carbocycles. The number of nitrogens with zero attached hydrogens (tertiary/aromatic N) is 2. The van der Waals surface area contributed by atoms with E-state index < -0.39 is 10.0 Å². The van der Waals surface area contributed by atoms with Gasteiger partial charge in [-0.15, -0.1) is 11.3 Å². The molecular weight excluding hydrogens is 474 g/mol. The highest BCUT2D eigenvalue weighted by atomic mass is 32.2. The van der Waals surface area contributed by atoms with Crippen LogP contribution < -0.4 is 5.32 Å². The average molecular weight is 506 g/mol. The normalized spacial score (nSPS) is 19.4. The number of esters is 1. The van der Waals surface area contributed by atoms with Gasteiger partial charge in [-0.25, -0.2) is 13.2 Å². The van der Waals surface area contributed by atoms with Crippen molar-refractivity contribution in [1.29, 1.82) is 0 Å². The highest BCUT2D eigenvalue weighted by Crippen LogP contribution is 2.40. The molecule has 1 aliphatic heterocycles. The van der Waals surface area contributed by atoms with E-state index in [-0.39, 0.29) is 29.9 Å². The summed E-state index contributed by atoms with van der Waals surface area (Å²) < 4.78 is 32.4. The number of hydrogen-bond acceptors (Lipinski definition) is 7. The van der Waals surface area contributed by atoms with Crippen LogP contribution in [0.25, 0.3) is 0 Å². The van der Waals surface area contributed by atoms with Gasteiger partial charge in [-0.05, 0) is 49.8 Å². The molecule has 0 unspecified atom stereocenters. The molecule has 34 heavy (non-hydrogen) atoms. The van der Waals surface area contributed by atoms with E-state index in [1.54, 1.807) is 37.3 Å². The number of carbonyl (C=O) groups excluding carboxylic acids is 2. The maximum Gasteiger partial charge on any atom is 0.341 e. The largest absolute Gasteiger partial charge is 0.462 e. The van der Waals surface area contributed by atoms with Crippen molar-refractivity contribution in [2.45, 2.75) is 38.0 Å². The number of hydrogen-bond donors (Lipinski definition) is 1. The first-order valence-electron chi connectivity index (χ1n) is 11.7. The summed E-state index contributed by atoms with van der Waals surface area (Å²) in [7, 11) is -3.53. The lowest BCUT2D eigenvalue weighted by Gasteiger charge is -2.33. The first-order valence-corrected chi connectivity index (χ1v) is 13.9. The van der Waals surface area contributed by atoms with Gasteiger partial charge in [0.25, 0.3) is 0 Å². The first-order chi connectivity index (χ1) is 16.3. The number of thiophene rings is 1. The average Bonchev–Trinajstić information content (AvgIpc) is 3.16. The fourth-order valence-electron chi connectivity index (χ4n) is 4.50. The zero-order chi connectivity index (χ0) is 24.3. The Morgan fingerprint density at radius 3 is 2.53 bits per heavy atom. The van der Waals surface area contributed by atoms with Gasteiger partial charge in [-0.1, -0.05) is 25.1 Å². The third-order valence-corrected chi connectivity index (χ3v) is 9.41. The second-order valence-electron chi connectivity index (χ2n) is 8.82. The summed E-state index contributed by atoms with van der Waals surface area (Å²) in [5.41, 5.74) is 1.51. The standard InChI is InChI=1S/C24H31N3O5S2/c1-3-32-24(29)22-19-10-9-17(2)15-20(19)33-23(22)25-21(28)16-26-11-13-27(14-12-26)34(30,31)18-7-5-4-6-8-18/h4-8,17H,3,9-16H2,1-2H3,(H,25,28)/t17-/m0/s1. The number of fused-ring (bicyclic) bond motifs is 1. The van der Waals surface area contributed by atoms with Crippen molar-refractivity contribution >= 4 is 38.2 Å². The smallest absolute Gasteiger partial charge is 0.341 e. The van der Waals surface area contributed by atoms with Crippen molar-refractivity contribution in [3.05, 3.63) is 46.3 Å². The van der Waals surface area contributed by atoms with Crippen LogP contribution in [0, 0.1) is 5.92 Å². The van der Waals surface area contributed by atoms with Gasteiger partial charge in [0.05, 0.1) is 23.6 Å². The molecule has 0 bridgehead atoms. The molecule has 184 valence electrons.